The SMILES string of the molecule is CC(C)N(C)CC(=O)N1CCN(C)C(c2ncc[nH]2)C1. The molecule has 0 radical (unpaired) electrons. The molecule has 1 aliphatic rings. The lowest BCUT2D eigenvalue weighted by atomic mass is 10.1. The molecule has 2 rings (SSSR count). The zero-order chi connectivity index (χ0) is 14.7. The van der Waals surface area contributed by atoms with Crippen molar-refractivity contribution >= 4 is 5.91 Å². The first-order valence-electron chi connectivity index (χ1n) is 7.16. The molecule has 6 nitrogen and oxygen atoms in total. The molecule has 1 aromatic rings. The normalized spacial score (nSPS) is 20.9. The van der Waals surface area contributed by atoms with E-state index in [2.05, 4.69) is 40.7 Å². The van der Waals surface area contributed by atoms with Crippen molar-refractivity contribution in [3.63, 3.8) is 0 Å². The van der Waals surface area contributed by atoms with Crippen molar-refractivity contribution in [1.29, 1.82) is 0 Å². The zero-order valence-corrected chi connectivity index (χ0v) is 12.8. The number of aromatic amines is 1. The highest BCUT2D eigenvalue weighted by Crippen LogP contribution is 2.21. The van der Waals surface area contributed by atoms with Crippen LogP contribution in [-0.4, -0.2) is 76.9 Å². The lowest BCUT2D eigenvalue weighted by Gasteiger charge is -2.39. The number of aromatic nitrogens is 2. The highest BCUT2D eigenvalue weighted by Gasteiger charge is 2.30. The van der Waals surface area contributed by atoms with Gasteiger partial charge in [0.05, 0.1) is 12.6 Å². The van der Waals surface area contributed by atoms with Crippen LogP contribution in [0.4, 0.5) is 0 Å². The summed E-state index contributed by atoms with van der Waals surface area (Å²) in [6.45, 7) is 7.05. The van der Waals surface area contributed by atoms with Gasteiger partial charge in [0.1, 0.15) is 5.82 Å². The van der Waals surface area contributed by atoms with Crippen molar-refractivity contribution < 1.29 is 4.79 Å². The summed E-state index contributed by atoms with van der Waals surface area (Å²) in [5, 5.41) is 0. The molecule has 0 saturated carbocycles. The third kappa shape index (κ3) is 3.37. The van der Waals surface area contributed by atoms with Gasteiger partial charge in [-0.15, -0.1) is 0 Å². The van der Waals surface area contributed by atoms with E-state index in [-0.39, 0.29) is 11.9 Å². The number of nitrogens with zero attached hydrogens (tertiary/aromatic N) is 4. The van der Waals surface area contributed by atoms with Crippen molar-refractivity contribution in [2.75, 3.05) is 40.3 Å². The summed E-state index contributed by atoms with van der Waals surface area (Å²) in [6, 6.07) is 0.541. The Balaban J connectivity index is 1.98. The van der Waals surface area contributed by atoms with Crippen LogP contribution >= 0.6 is 0 Å². The second-order valence-corrected chi connectivity index (χ2v) is 5.82. The van der Waals surface area contributed by atoms with E-state index in [0.717, 1.165) is 18.9 Å². The minimum atomic E-state index is 0.159. The van der Waals surface area contributed by atoms with Crippen molar-refractivity contribution in [3.8, 4) is 0 Å². The molecule has 0 aromatic carbocycles. The van der Waals surface area contributed by atoms with Crippen LogP contribution in [0.2, 0.25) is 0 Å². The van der Waals surface area contributed by atoms with Crippen LogP contribution in [0.5, 0.6) is 0 Å². The summed E-state index contributed by atoms with van der Waals surface area (Å²) in [6.07, 6.45) is 3.59. The van der Waals surface area contributed by atoms with Gasteiger partial charge in [0.15, 0.2) is 0 Å². The van der Waals surface area contributed by atoms with Crippen LogP contribution in [0.3, 0.4) is 0 Å². The van der Waals surface area contributed by atoms with Gasteiger partial charge in [0, 0.05) is 38.1 Å². The Morgan fingerprint density at radius 1 is 1.55 bits per heavy atom. The number of likely N-dealkylation sites (N-methyl/N-ethyl adjacent to an activating group) is 2. The topological polar surface area (TPSA) is 55.5 Å². The average Bonchev–Trinajstić information content (AvgIpc) is 2.92. The molecule has 1 atom stereocenters. The number of carbonyl (C=O) groups is 1. The van der Waals surface area contributed by atoms with Crippen molar-refractivity contribution in [1.82, 2.24) is 24.7 Å². The Labute approximate surface area is 120 Å². The molecule has 1 aliphatic heterocycles. The third-order valence-corrected chi connectivity index (χ3v) is 4.10. The van der Waals surface area contributed by atoms with Crippen LogP contribution in [0.15, 0.2) is 12.4 Å². The number of nitrogens with one attached hydrogen (secondary N) is 1. The minimum absolute atomic E-state index is 0.159. The van der Waals surface area contributed by atoms with E-state index < -0.39 is 0 Å². The molecule has 1 fully saturated rings. The first-order valence-corrected chi connectivity index (χ1v) is 7.16. The second kappa shape index (κ2) is 6.37. The maximum absolute atomic E-state index is 12.4. The van der Waals surface area contributed by atoms with E-state index in [1.165, 1.54) is 0 Å². The van der Waals surface area contributed by atoms with Gasteiger partial charge >= 0.3 is 0 Å². The number of H-pyrrole nitrogens is 1. The van der Waals surface area contributed by atoms with Gasteiger partial charge in [-0.05, 0) is 27.9 Å². The Hall–Kier alpha value is -1.40. The standard InChI is InChI=1S/C14H25N5O/c1-11(2)18(4)10-13(20)19-8-7-17(3)12(9-19)14-15-5-6-16-14/h5-6,11-12H,7-10H2,1-4H3,(H,15,16). The quantitative estimate of drug-likeness (QED) is 0.875. The highest BCUT2D eigenvalue weighted by molar-refractivity contribution is 5.78. The van der Waals surface area contributed by atoms with Crippen LogP contribution in [0, 0.1) is 0 Å². The lowest BCUT2D eigenvalue weighted by molar-refractivity contribution is -0.135. The van der Waals surface area contributed by atoms with Crippen molar-refractivity contribution in [2.45, 2.75) is 25.9 Å². The summed E-state index contributed by atoms with van der Waals surface area (Å²) < 4.78 is 0. The Morgan fingerprint density at radius 3 is 2.90 bits per heavy atom. The molecule has 1 N–H and O–H groups in total. The van der Waals surface area contributed by atoms with Gasteiger partial charge in [-0.25, -0.2) is 4.98 Å². The molecule has 0 bridgehead atoms. The molecular formula is C14H25N5O. The Kier molecular flexibility index (Phi) is 4.77. The first kappa shape index (κ1) is 15.0. The van der Waals surface area contributed by atoms with E-state index in [9.17, 15) is 4.79 Å². The number of imidazole rings is 1. The minimum Gasteiger partial charge on any atom is -0.347 e. The fraction of sp³-hybridized carbons (Fsp3) is 0.714. The van der Waals surface area contributed by atoms with Crippen LogP contribution in [0.25, 0.3) is 0 Å². The number of carbonyl (C=O) groups excluding carboxylic acids is 1. The summed E-state index contributed by atoms with van der Waals surface area (Å²) in [7, 11) is 4.07. The molecule has 2 heterocycles. The van der Waals surface area contributed by atoms with Crippen LogP contribution < -0.4 is 0 Å². The van der Waals surface area contributed by atoms with Gasteiger partial charge in [-0.3, -0.25) is 14.6 Å². The molecule has 6 heteroatoms. The fourth-order valence-electron chi connectivity index (χ4n) is 2.35. The van der Waals surface area contributed by atoms with E-state index in [0.29, 0.717) is 19.1 Å². The lowest BCUT2D eigenvalue weighted by Crippen LogP contribution is -2.51. The molecular weight excluding hydrogens is 254 g/mol. The molecule has 1 aromatic heterocycles. The monoisotopic (exact) mass is 279 g/mol. The molecule has 112 valence electrons. The smallest absolute Gasteiger partial charge is 0.236 e. The number of hydrogen-bond donors (Lipinski definition) is 1. The molecule has 1 unspecified atom stereocenters. The molecule has 1 amide bonds. The van der Waals surface area contributed by atoms with E-state index in [4.69, 9.17) is 0 Å². The zero-order valence-electron chi connectivity index (χ0n) is 12.8. The molecule has 0 aliphatic carbocycles. The van der Waals surface area contributed by atoms with Crippen LogP contribution in [-0.2, 0) is 4.79 Å². The summed E-state index contributed by atoms with van der Waals surface area (Å²) in [5.41, 5.74) is 0. The maximum atomic E-state index is 12.4. The van der Waals surface area contributed by atoms with Crippen molar-refractivity contribution in [2.24, 2.45) is 0 Å². The van der Waals surface area contributed by atoms with Gasteiger partial charge in [0.25, 0.3) is 0 Å². The summed E-state index contributed by atoms with van der Waals surface area (Å²) >= 11 is 0. The van der Waals surface area contributed by atoms with Gasteiger partial charge in [-0.2, -0.15) is 0 Å². The van der Waals surface area contributed by atoms with Gasteiger partial charge in [0.2, 0.25) is 5.91 Å². The number of hydrogen-bond acceptors (Lipinski definition) is 4. The van der Waals surface area contributed by atoms with E-state index >= 15 is 0 Å². The predicted molar refractivity (Wildman–Crippen MR) is 78.3 cm³/mol. The highest BCUT2D eigenvalue weighted by atomic mass is 16.2. The largest absolute Gasteiger partial charge is 0.347 e. The Morgan fingerprint density at radius 2 is 2.30 bits per heavy atom. The molecule has 1 saturated heterocycles. The summed E-state index contributed by atoms with van der Waals surface area (Å²) in [4.78, 5) is 26.1. The second-order valence-electron chi connectivity index (χ2n) is 5.82. The maximum Gasteiger partial charge on any atom is 0.236 e. The molecule has 0 spiro atoms. The van der Waals surface area contributed by atoms with E-state index in [1.807, 2.05) is 18.1 Å². The van der Waals surface area contributed by atoms with Crippen molar-refractivity contribution in [3.05, 3.63) is 18.2 Å². The number of piperazine rings is 1. The first-order chi connectivity index (χ1) is 9.49. The van der Waals surface area contributed by atoms with Gasteiger partial charge in [-0.1, -0.05) is 0 Å². The van der Waals surface area contributed by atoms with Crippen LogP contribution in [0.1, 0.15) is 25.7 Å². The summed E-state index contributed by atoms with van der Waals surface area (Å²) in [5.74, 6) is 1.13. The number of amides is 1. The molecule has 20 heavy (non-hydrogen) atoms. The Bertz CT molecular complexity index is 431. The third-order valence-electron chi connectivity index (χ3n) is 4.10. The predicted octanol–water partition coefficient (Wildman–Crippen LogP) is 0.565. The van der Waals surface area contributed by atoms with Gasteiger partial charge < -0.3 is 9.88 Å². The average molecular weight is 279 g/mol. The number of rotatable bonds is 4. The fourth-order valence-corrected chi connectivity index (χ4v) is 2.35. The van der Waals surface area contributed by atoms with E-state index in [1.54, 1.807) is 6.20 Å².